The third-order valence-corrected chi connectivity index (χ3v) is 6.69. The summed E-state index contributed by atoms with van der Waals surface area (Å²) in [6.45, 7) is 3.22. The second kappa shape index (κ2) is 8.46. The van der Waals surface area contributed by atoms with Gasteiger partial charge in [0.1, 0.15) is 5.69 Å². The molecule has 6 rings (SSSR count). The molecule has 2 atom stereocenters. The van der Waals surface area contributed by atoms with E-state index in [4.69, 9.17) is 9.83 Å². The van der Waals surface area contributed by atoms with Crippen molar-refractivity contribution in [3.8, 4) is 0 Å². The largest absolute Gasteiger partial charge is 0.381 e. The van der Waals surface area contributed by atoms with Crippen molar-refractivity contribution >= 4 is 16.8 Å². The van der Waals surface area contributed by atoms with Gasteiger partial charge in [-0.05, 0) is 48.2 Å². The van der Waals surface area contributed by atoms with Gasteiger partial charge in [0.25, 0.3) is 5.90 Å². The Bertz CT molecular complexity index is 1280. The van der Waals surface area contributed by atoms with E-state index in [9.17, 15) is 0 Å². The van der Waals surface area contributed by atoms with Gasteiger partial charge in [0.05, 0.1) is 0 Å². The van der Waals surface area contributed by atoms with Gasteiger partial charge < -0.3 is 9.82 Å². The predicted molar refractivity (Wildman–Crippen MR) is 130 cm³/mol. The number of fused-ring (bicyclic) bond motifs is 1. The molecule has 1 N–H and O–H groups in total. The van der Waals surface area contributed by atoms with Crippen molar-refractivity contribution in [1.29, 1.82) is 0 Å². The van der Waals surface area contributed by atoms with Crippen molar-refractivity contribution in [2.75, 3.05) is 20.1 Å². The van der Waals surface area contributed by atoms with Crippen LogP contribution in [0.1, 0.15) is 40.9 Å². The van der Waals surface area contributed by atoms with Crippen LogP contribution in [0.3, 0.4) is 0 Å². The average Bonchev–Trinajstić information content (AvgIpc) is 3.58. The number of hydroxylamine groups is 2. The second-order valence-corrected chi connectivity index (χ2v) is 8.93. The Hall–Kier alpha value is -3.48. The number of likely N-dealkylation sites (tertiary alicyclic amines) is 1. The summed E-state index contributed by atoms with van der Waals surface area (Å²) in [5.74, 6) is 1.14. The van der Waals surface area contributed by atoms with Crippen LogP contribution in [0.15, 0.2) is 84.1 Å². The lowest BCUT2D eigenvalue weighted by Crippen LogP contribution is -2.19. The van der Waals surface area contributed by atoms with E-state index >= 15 is 0 Å². The first-order valence-electron chi connectivity index (χ1n) is 11.5. The standard InChI is InChI=1S/C27H27N5O/c1-31-26(20-9-6-13-28-16-20)30-27(33-31)25-15-23-22(10-5-11-24(23)29-25)21-12-14-32(18-21)17-19-7-3-2-4-8-19/h2-11,13,15-16,21,26,29H,12,14,17-18H2,1H3. The molecular weight excluding hydrogens is 410 g/mol. The molecule has 2 aliphatic heterocycles. The zero-order chi connectivity index (χ0) is 22.2. The summed E-state index contributed by atoms with van der Waals surface area (Å²) < 4.78 is 0. The smallest absolute Gasteiger partial charge is 0.259 e. The van der Waals surface area contributed by atoms with Crippen LogP contribution < -0.4 is 0 Å². The Kier molecular flexibility index (Phi) is 5.17. The first-order valence-corrected chi connectivity index (χ1v) is 11.5. The van der Waals surface area contributed by atoms with E-state index in [1.807, 2.05) is 25.4 Å². The van der Waals surface area contributed by atoms with Gasteiger partial charge in [0.2, 0.25) is 0 Å². The van der Waals surface area contributed by atoms with Gasteiger partial charge in [-0.1, -0.05) is 48.5 Å². The maximum atomic E-state index is 6.01. The van der Waals surface area contributed by atoms with Crippen molar-refractivity contribution in [1.82, 2.24) is 19.9 Å². The lowest BCUT2D eigenvalue weighted by molar-refractivity contribution is -0.0574. The summed E-state index contributed by atoms with van der Waals surface area (Å²) in [6, 6.07) is 23.5. The Labute approximate surface area is 193 Å². The molecule has 2 aliphatic rings. The number of hydrogen-bond donors (Lipinski definition) is 1. The third kappa shape index (κ3) is 3.92. The SMILES string of the molecule is CN1OC(c2cc3c(C4CCN(Cc5ccccc5)C4)cccc3[nH]2)=NC1c1cccnc1. The summed E-state index contributed by atoms with van der Waals surface area (Å²) in [4.78, 5) is 21.2. The molecule has 4 aromatic rings. The van der Waals surface area contributed by atoms with Gasteiger partial charge in [0.15, 0.2) is 6.17 Å². The van der Waals surface area contributed by atoms with Crippen molar-refractivity contribution in [2.45, 2.75) is 25.0 Å². The summed E-state index contributed by atoms with van der Waals surface area (Å²) >= 11 is 0. The minimum Gasteiger partial charge on any atom is -0.381 e. The van der Waals surface area contributed by atoms with Crippen molar-refractivity contribution < 1.29 is 4.84 Å². The number of nitrogens with one attached hydrogen (secondary N) is 1. The molecule has 0 aliphatic carbocycles. The maximum Gasteiger partial charge on any atom is 0.259 e. The fourth-order valence-electron chi connectivity index (χ4n) is 5.06. The number of aliphatic imine (C=N–C) groups is 1. The van der Waals surface area contributed by atoms with Crippen LogP contribution in [0, 0.1) is 0 Å². The molecule has 1 fully saturated rings. The number of nitrogens with zero attached hydrogens (tertiary/aromatic N) is 4. The zero-order valence-electron chi connectivity index (χ0n) is 18.7. The lowest BCUT2D eigenvalue weighted by atomic mass is 9.95. The molecule has 6 heteroatoms. The number of H-pyrrole nitrogens is 1. The van der Waals surface area contributed by atoms with Crippen LogP contribution in [0.5, 0.6) is 0 Å². The van der Waals surface area contributed by atoms with Crippen LogP contribution in [-0.4, -0.2) is 46.0 Å². The van der Waals surface area contributed by atoms with Gasteiger partial charge >= 0.3 is 0 Å². The van der Waals surface area contributed by atoms with E-state index in [2.05, 4.69) is 69.5 Å². The highest BCUT2D eigenvalue weighted by Gasteiger charge is 2.30. The van der Waals surface area contributed by atoms with Gasteiger partial charge in [-0.25, -0.2) is 4.99 Å². The minimum absolute atomic E-state index is 0.194. The number of benzene rings is 2. The van der Waals surface area contributed by atoms with Gasteiger partial charge in [-0.3, -0.25) is 9.88 Å². The van der Waals surface area contributed by atoms with Crippen LogP contribution in [0.2, 0.25) is 0 Å². The van der Waals surface area contributed by atoms with E-state index in [1.54, 1.807) is 11.3 Å². The topological polar surface area (TPSA) is 56.8 Å². The normalized spacial score (nSPS) is 21.4. The Morgan fingerprint density at radius 1 is 1.06 bits per heavy atom. The molecule has 1 saturated heterocycles. The van der Waals surface area contributed by atoms with E-state index in [-0.39, 0.29) is 6.17 Å². The fraction of sp³-hybridized carbons (Fsp3) is 0.259. The Morgan fingerprint density at radius 3 is 2.82 bits per heavy atom. The zero-order valence-corrected chi connectivity index (χ0v) is 18.7. The first kappa shape index (κ1) is 20.1. The fourth-order valence-corrected chi connectivity index (χ4v) is 5.06. The van der Waals surface area contributed by atoms with Crippen LogP contribution in [0.25, 0.3) is 10.9 Å². The molecule has 33 heavy (non-hydrogen) atoms. The molecule has 2 aromatic heterocycles. The number of hydrogen-bond acceptors (Lipinski definition) is 5. The molecule has 2 aromatic carbocycles. The predicted octanol–water partition coefficient (Wildman–Crippen LogP) is 4.87. The average molecular weight is 438 g/mol. The number of rotatable bonds is 5. The van der Waals surface area contributed by atoms with E-state index in [0.29, 0.717) is 11.8 Å². The minimum atomic E-state index is -0.194. The molecule has 0 saturated carbocycles. The quantitative estimate of drug-likeness (QED) is 0.484. The van der Waals surface area contributed by atoms with E-state index in [0.717, 1.165) is 36.4 Å². The number of aromatic nitrogens is 2. The first-order chi connectivity index (χ1) is 16.2. The van der Waals surface area contributed by atoms with Crippen LogP contribution in [0.4, 0.5) is 0 Å². The van der Waals surface area contributed by atoms with Crippen molar-refractivity contribution in [3.05, 3.63) is 102 Å². The summed E-state index contributed by atoms with van der Waals surface area (Å²) in [5.41, 5.74) is 5.83. The van der Waals surface area contributed by atoms with Crippen LogP contribution >= 0.6 is 0 Å². The summed E-state index contributed by atoms with van der Waals surface area (Å²) in [7, 11) is 1.90. The molecule has 6 nitrogen and oxygen atoms in total. The molecule has 0 radical (unpaired) electrons. The molecule has 4 heterocycles. The molecule has 166 valence electrons. The molecule has 0 bridgehead atoms. The maximum absolute atomic E-state index is 6.01. The highest BCUT2D eigenvalue weighted by atomic mass is 16.7. The number of aromatic amines is 1. The summed E-state index contributed by atoms with van der Waals surface area (Å²) in [6.07, 6.45) is 4.59. The van der Waals surface area contributed by atoms with Gasteiger partial charge in [0, 0.05) is 49.0 Å². The van der Waals surface area contributed by atoms with Gasteiger partial charge in [-0.15, -0.1) is 5.06 Å². The third-order valence-electron chi connectivity index (χ3n) is 6.69. The monoisotopic (exact) mass is 437 g/mol. The lowest BCUT2D eigenvalue weighted by Gasteiger charge is -2.16. The van der Waals surface area contributed by atoms with E-state index < -0.39 is 0 Å². The van der Waals surface area contributed by atoms with Crippen LogP contribution in [-0.2, 0) is 11.4 Å². The number of pyridine rings is 1. The summed E-state index contributed by atoms with van der Waals surface area (Å²) in [5, 5.41) is 3.04. The molecular formula is C27H27N5O. The Balaban J connectivity index is 1.25. The van der Waals surface area contributed by atoms with Gasteiger partial charge in [-0.2, -0.15) is 0 Å². The second-order valence-electron chi connectivity index (χ2n) is 8.93. The highest BCUT2D eigenvalue weighted by Crippen LogP contribution is 2.35. The molecule has 2 unspecified atom stereocenters. The Morgan fingerprint density at radius 2 is 1.97 bits per heavy atom. The highest BCUT2D eigenvalue weighted by molar-refractivity contribution is 5.99. The van der Waals surface area contributed by atoms with E-state index in [1.165, 1.54) is 22.9 Å². The van der Waals surface area contributed by atoms with Crippen molar-refractivity contribution in [2.24, 2.45) is 4.99 Å². The molecule has 0 spiro atoms. The van der Waals surface area contributed by atoms with Crippen molar-refractivity contribution in [3.63, 3.8) is 0 Å². The molecule has 0 amide bonds.